The molecule has 1 aromatic heterocycles. The minimum atomic E-state index is -0.469. The molecule has 4 aromatic rings. The SMILES string of the molecule is COC(=O)c1ccc2c(c1)NC(=O)/C2=C(\Nc1ccc2c(c1)CCN2C(=O)Cc1nccs1)c1ccccc1. The number of amides is 2. The third-order valence-electron chi connectivity index (χ3n) is 6.83. The number of aromatic nitrogens is 1. The molecule has 194 valence electrons. The third kappa shape index (κ3) is 4.68. The molecule has 3 aromatic carbocycles. The molecule has 0 bridgehead atoms. The van der Waals surface area contributed by atoms with Crippen LogP contribution >= 0.6 is 11.3 Å². The molecule has 6 rings (SSSR count). The maximum Gasteiger partial charge on any atom is 0.337 e. The lowest BCUT2D eigenvalue weighted by Gasteiger charge is -2.18. The van der Waals surface area contributed by atoms with Crippen LogP contribution in [0.2, 0.25) is 0 Å². The molecule has 0 saturated carbocycles. The van der Waals surface area contributed by atoms with Gasteiger partial charge in [-0.05, 0) is 47.9 Å². The number of thiazole rings is 1. The summed E-state index contributed by atoms with van der Waals surface area (Å²) in [7, 11) is 1.32. The summed E-state index contributed by atoms with van der Waals surface area (Å²) in [5.41, 5.74) is 6.34. The number of nitrogens with zero attached hydrogens (tertiary/aromatic N) is 2. The number of anilines is 3. The average Bonchev–Trinajstić information content (AvgIpc) is 3.69. The Labute approximate surface area is 229 Å². The van der Waals surface area contributed by atoms with Gasteiger partial charge in [0.2, 0.25) is 5.91 Å². The Bertz CT molecular complexity index is 1630. The van der Waals surface area contributed by atoms with Crippen LogP contribution in [-0.2, 0) is 27.2 Å². The number of esters is 1. The molecule has 9 heteroatoms. The first-order valence-electron chi connectivity index (χ1n) is 12.4. The molecule has 2 amide bonds. The summed E-state index contributed by atoms with van der Waals surface area (Å²) < 4.78 is 4.83. The van der Waals surface area contributed by atoms with Gasteiger partial charge in [0, 0.05) is 35.1 Å². The summed E-state index contributed by atoms with van der Waals surface area (Å²) in [6.07, 6.45) is 2.74. The van der Waals surface area contributed by atoms with E-state index < -0.39 is 5.97 Å². The lowest BCUT2D eigenvalue weighted by atomic mass is 9.99. The van der Waals surface area contributed by atoms with E-state index in [0.29, 0.717) is 34.6 Å². The summed E-state index contributed by atoms with van der Waals surface area (Å²) >= 11 is 1.48. The van der Waals surface area contributed by atoms with Crippen molar-refractivity contribution in [2.24, 2.45) is 0 Å². The number of nitrogens with one attached hydrogen (secondary N) is 2. The van der Waals surface area contributed by atoms with E-state index in [1.165, 1.54) is 18.4 Å². The highest BCUT2D eigenvalue weighted by molar-refractivity contribution is 7.09. The molecule has 0 spiro atoms. The number of rotatable bonds is 6. The molecular weight excluding hydrogens is 512 g/mol. The second-order valence-corrected chi connectivity index (χ2v) is 10.2. The minimum absolute atomic E-state index is 0.0297. The first-order chi connectivity index (χ1) is 19.0. The zero-order valence-corrected chi connectivity index (χ0v) is 21.9. The van der Waals surface area contributed by atoms with Gasteiger partial charge in [0.25, 0.3) is 5.91 Å². The number of hydrogen-bond donors (Lipinski definition) is 2. The van der Waals surface area contributed by atoms with E-state index in [9.17, 15) is 14.4 Å². The number of fused-ring (bicyclic) bond motifs is 2. The van der Waals surface area contributed by atoms with Crippen molar-refractivity contribution in [2.45, 2.75) is 12.8 Å². The van der Waals surface area contributed by atoms with Gasteiger partial charge in [0.15, 0.2) is 0 Å². The number of ether oxygens (including phenoxy) is 1. The van der Waals surface area contributed by atoms with Crippen LogP contribution in [0.15, 0.2) is 78.3 Å². The first-order valence-corrected chi connectivity index (χ1v) is 13.3. The zero-order valence-electron chi connectivity index (χ0n) is 21.1. The summed E-state index contributed by atoms with van der Waals surface area (Å²) in [5.74, 6) is -0.705. The van der Waals surface area contributed by atoms with Crippen LogP contribution in [0.5, 0.6) is 0 Å². The molecular formula is C30H24N4O4S. The fraction of sp³-hybridized carbons (Fsp3) is 0.133. The van der Waals surface area contributed by atoms with Crippen LogP contribution in [0.3, 0.4) is 0 Å². The highest BCUT2D eigenvalue weighted by Gasteiger charge is 2.30. The van der Waals surface area contributed by atoms with E-state index in [1.54, 1.807) is 24.4 Å². The van der Waals surface area contributed by atoms with Gasteiger partial charge in [-0.15, -0.1) is 11.3 Å². The van der Waals surface area contributed by atoms with E-state index in [1.807, 2.05) is 58.8 Å². The lowest BCUT2D eigenvalue weighted by Crippen LogP contribution is -2.30. The van der Waals surface area contributed by atoms with E-state index in [-0.39, 0.29) is 18.2 Å². The van der Waals surface area contributed by atoms with Crippen LogP contribution in [0, 0.1) is 0 Å². The van der Waals surface area contributed by atoms with Crippen molar-refractivity contribution < 1.29 is 19.1 Å². The first kappa shape index (κ1) is 24.6. The van der Waals surface area contributed by atoms with E-state index in [4.69, 9.17) is 4.74 Å². The van der Waals surface area contributed by atoms with Crippen molar-refractivity contribution in [3.63, 3.8) is 0 Å². The fourth-order valence-corrected chi connectivity index (χ4v) is 5.60. The summed E-state index contributed by atoms with van der Waals surface area (Å²) in [4.78, 5) is 44.3. The molecule has 0 saturated heterocycles. The fourth-order valence-electron chi connectivity index (χ4n) is 5.00. The van der Waals surface area contributed by atoms with Gasteiger partial charge >= 0.3 is 5.97 Å². The number of benzene rings is 3. The van der Waals surface area contributed by atoms with Gasteiger partial charge in [-0.2, -0.15) is 0 Å². The molecule has 39 heavy (non-hydrogen) atoms. The Morgan fingerprint density at radius 2 is 1.92 bits per heavy atom. The topological polar surface area (TPSA) is 101 Å². The Balaban J connectivity index is 1.35. The smallest absolute Gasteiger partial charge is 0.337 e. The van der Waals surface area contributed by atoms with Crippen molar-refractivity contribution in [3.05, 3.63) is 106 Å². The summed E-state index contributed by atoms with van der Waals surface area (Å²) in [6, 6.07) is 20.6. The Hall–Kier alpha value is -4.76. The van der Waals surface area contributed by atoms with Crippen molar-refractivity contribution >= 4 is 57.5 Å². The number of hydrogen-bond acceptors (Lipinski definition) is 7. The second-order valence-electron chi connectivity index (χ2n) is 9.19. The Morgan fingerprint density at radius 3 is 2.69 bits per heavy atom. The Morgan fingerprint density at radius 1 is 1.08 bits per heavy atom. The van der Waals surface area contributed by atoms with E-state index in [2.05, 4.69) is 15.6 Å². The van der Waals surface area contributed by atoms with Crippen LogP contribution in [0.25, 0.3) is 11.3 Å². The second kappa shape index (κ2) is 10.2. The van der Waals surface area contributed by atoms with Crippen molar-refractivity contribution in [2.75, 3.05) is 29.2 Å². The molecule has 2 N–H and O–H groups in total. The number of carbonyl (C=O) groups is 3. The number of methoxy groups -OCH3 is 1. The van der Waals surface area contributed by atoms with Crippen molar-refractivity contribution in [3.8, 4) is 0 Å². The predicted molar refractivity (Wildman–Crippen MR) is 152 cm³/mol. The van der Waals surface area contributed by atoms with Crippen LogP contribution in [0.1, 0.15) is 32.1 Å². The molecule has 0 unspecified atom stereocenters. The van der Waals surface area contributed by atoms with Gasteiger partial charge in [-0.3, -0.25) is 9.59 Å². The molecule has 2 aliphatic heterocycles. The summed E-state index contributed by atoms with van der Waals surface area (Å²) in [6.45, 7) is 0.619. The Kier molecular flexibility index (Phi) is 6.42. The molecule has 0 radical (unpaired) electrons. The van der Waals surface area contributed by atoms with Gasteiger partial charge in [-0.25, -0.2) is 9.78 Å². The highest BCUT2D eigenvalue weighted by atomic mass is 32.1. The van der Waals surface area contributed by atoms with E-state index >= 15 is 0 Å². The average molecular weight is 537 g/mol. The monoisotopic (exact) mass is 536 g/mol. The maximum absolute atomic E-state index is 13.2. The molecule has 3 heterocycles. The quantitative estimate of drug-likeness (QED) is 0.266. The van der Waals surface area contributed by atoms with Crippen molar-refractivity contribution in [1.29, 1.82) is 0 Å². The van der Waals surface area contributed by atoms with Gasteiger partial charge in [0.05, 0.1) is 36.1 Å². The lowest BCUT2D eigenvalue weighted by molar-refractivity contribution is -0.118. The molecule has 8 nitrogen and oxygen atoms in total. The summed E-state index contributed by atoms with van der Waals surface area (Å²) in [5, 5.41) is 9.05. The number of carbonyl (C=O) groups excluding carboxylic acids is 3. The van der Waals surface area contributed by atoms with Gasteiger partial charge < -0.3 is 20.3 Å². The molecule has 0 fully saturated rings. The molecule has 2 aliphatic rings. The normalized spacial score (nSPS) is 14.9. The highest BCUT2D eigenvalue weighted by Crippen LogP contribution is 2.39. The zero-order chi connectivity index (χ0) is 26.9. The third-order valence-corrected chi connectivity index (χ3v) is 7.61. The van der Waals surface area contributed by atoms with Crippen LogP contribution < -0.4 is 15.5 Å². The van der Waals surface area contributed by atoms with Crippen molar-refractivity contribution in [1.82, 2.24) is 4.98 Å². The van der Waals surface area contributed by atoms with Gasteiger partial charge in [0.1, 0.15) is 5.01 Å². The predicted octanol–water partition coefficient (Wildman–Crippen LogP) is 4.99. The minimum Gasteiger partial charge on any atom is -0.465 e. The van der Waals surface area contributed by atoms with Gasteiger partial charge in [-0.1, -0.05) is 36.4 Å². The van der Waals surface area contributed by atoms with Crippen LogP contribution in [0.4, 0.5) is 17.1 Å². The maximum atomic E-state index is 13.2. The standard InChI is InChI=1S/C30H24N4O4S/c1-38-30(37)20-7-9-22-23(16-20)33-29(36)27(22)28(18-5-3-2-4-6-18)32-21-8-10-24-19(15-21)11-13-34(24)26(35)17-25-31-12-14-39-25/h2-10,12,14-16,32H,11,13,17H2,1H3,(H,33,36)/b28-27-. The van der Waals surface area contributed by atoms with Crippen LogP contribution in [-0.4, -0.2) is 36.4 Å². The molecule has 0 aliphatic carbocycles. The van der Waals surface area contributed by atoms with E-state index in [0.717, 1.165) is 33.9 Å². The molecule has 0 atom stereocenters. The largest absolute Gasteiger partial charge is 0.465 e.